The molecule has 0 atom stereocenters. The van der Waals surface area contributed by atoms with Gasteiger partial charge in [-0.25, -0.2) is 15.0 Å². The van der Waals surface area contributed by atoms with Crippen molar-refractivity contribution in [2.75, 3.05) is 0 Å². The number of aryl methyl sites for hydroxylation is 1. The Bertz CT molecular complexity index is 796. The number of nitrogens with zero attached hydrogens (tertiary/aromatic N) is 4. The van der Waals surface area contributed by atoms with Crippen LogP contribution < -0.4 is 5.32 Å². The van der Waals surface area contributed by atoms with Crippen molar-refractivity contribution >= 4 is 11.9 Å². The van der Waals surface area contributed by atoms with Crippen molar-refractivity contribution in [3.8, 4) is 5.95 Å². The Balaban J connectivity index is 1.58. The van der Waals surface area contributed by atoms with Gasteiger partial charge >= 0.3 is 5.97 Å². The standard InChI is InChI=1S/C16H17N5O3/c22-14(18-10-6-9(7-10)15(23)24)13-11-2-1-3-12(11)19-16(20-13)21-5-4-17-8-21/h4-5,8-10H,1-3,6-7H2,(H,18,22)(H,23,24)/t9-,10-. The van der Waals surface area contributed by atoms with Crippen LogP contribution in [0.15, 0.2) is 18.7 Å². The molecule has 8 heteroatoms. The highest BCUT2D eigenvalue weighted by Crippen LogP contribution is 2.29. The largest absolute Gasteiger partial charge is 0.481 e. The molecule has 0 aromatic carbocycles. The van der Waals surface area contributed by atoms with Crippen molar-refractivity contribution in [3.05, 3.63) is 35.7 Å². The summed E-state index contributed by atoms with van der Waals surface area (Å²) in [5, 5.41) is 11.8. The lowest BCUT2D eigenvalue weighted by molar-refractivity contribution is -0.145. The molecular weight excluding hydrogens is 310 g/mol. The smallest absolute Gasteiger partial charge is 0.306 e. The van der Waals surface area contributed by atoms with Crippen LogP contribution >= 0.6 is 0 Å². The molecule has 0 spiro atoms. The van der Waals surface area contributed by atoms with Crippen LogP contribution in [0.25, 0.3) is 5.95 Å². The van der Waals surface area contributed by atoms with Gasteiger partial charge in [0.2, 0.25) is 5.95 Å². The molecule has 0 aliphatic heterocycles. The summed E-state index contributed by atoms with van der Waals surface area (Å²) < 4.78 is 1.68. The minimum atomic E-state index is -0.800. The van der Waals surface area contributed by atoms with Crippen LogP contribution in [0, 0.1) is 5.92 Å². The Morgan fingerprint density at radius 3 is 2.79 bits per heavy atom. The van der Waals surface area contributed by atoms with E-state index >= 15 is 0 Å². The highest BCUT2D eigenvalue weighted by molar-refractivity contribution is 5.94. The maximum atomic E-state index is 12.6. The summed E-state index contributed by atoms with van der Waals surface area (Å²) in [6, 6.07) is -0.0951. The summed E-state index contributed by atoms with van der Waals surface area (Å²) in [5.74, 6) is -0.958. The fourth-order valence-electron chi connectivity index (χ4n) is 3.29. The summed E-state index contributed by atoms with van der Waals surface area (Å²) in [6.45, 7) is 0. The average molecular weight is 327 g/mol. The second-order valence-corrected chi connectivity index (χ2v) is 6.30. The van der Waals surface area contributed by atoms with Gasteiger partial charge in [0.05, 0.1) is 5.92 Å². The SMILES string of the molecule is O=C(N[C@H]1C[C@H](C(=O)O)C1)c1nc(-n2ccnc2)nc2c1CCC2. The monoisotopic (exact) mass is 327 g/mol. The molecule has 0 saturated heterocycles. The van der Waals surface area contributed by atoms with Gasteiger partial charge in [0.15, 0.2) is 0 Å². The number of aliphatic carboxylic acids is 1. The van der Waals surface area contributed by atoms with E-state index in [1.807, 2.05) is 0 Å². The quantitative estimate of drug-likeness (QED) is 0.857. The van der Waals surface area contributed by atoms with E-state index in [-0.39, 0.29) is 17.9 Å². The lowest BCUT2D eigenvalue weighted by Crippen LogP contribution is -2.47. The summed E-state index contributed by atoms with van der Waals surface area (Å²) in [5.41, 5.74) is 2.22. The molecule has 2 heterocycles. The molecule has 2 aliphatic rings. The minimum Gasteiger partial charge on any atom is -0.481 e. The van der Waals surface area contributed by atoms with Gasteiger partial charge in [-0.3, -0.25) is 14.2 Å². The third kappa shape index (κ3) is 2.53. The third-order valence-corrected chi connectivity index (χ3v) is 4.69. The van der Waals surface area contributed by atoms with E-state index < -0.39 is 5.97 Å². The summed E-state index contributed by atoms with van der Waals surface area (Å²) in [6.07, 6.45) is 8.52. The summed E-state index contributed by atoms with van der Waals surface area (Å²) in [7, 11) is 0. The van der Waals surface area contributed by atoms with Crippen molar-refractivity contribution in [1.29, 1.82) is 0 Å². The van der Waals surface area contributed by atoms with Gasteiger partial charge in [-0.05, 0) is 32.1 Å². The Morgan fingerprint density at radius 1 is 1.25 bits per heavy atom. The molecule has 1 saturated carbocycles. The zero-order valence-corrected chi connectivity index (χ0v) is 13.0. The van der Waals surface area contributed by atoms with E-state index in [2.05, 4.69) is 20.3 Å². The number of carbonyl (C=O) groups excluding carboxylic acids is 1. The van der Waals surface area contributed by atoms with E-state index in [9.17, 15) is 9.59 Å². The molecule has 0 unspecified atom stereocenters. The van der Waals surface area contributed by atoms with Crippen LogP contribution in [0.1, 0.15) is 41.0 Å². The summed E-state index contributed by atoms with van der Waals surface area (Å²) in [4.78, 5) is 36.5. The first-order valence-corrected chi connectivity index (χ1v) is 8.03. The van der Waals surface area contributed by atoms with Gasteiger partial charge in [-0.2, -0.15) is 0 Å². The zero-order valence-electron chi connectivity index (χ0n) is 13.0. The van der Waals surface area contributed by atoms with E-state index in [0.717, 1.165) is 30.5 Å². The normalized spacial score (nSPS) is 21.8. The number of nitrogens with one attached hydrogen (secondary N) is 1. The van der Waals surface area contributed by atoms with Crippen LogP contribution in [0.5, 0.6) is 0 Å². The van der Waals surface area contributed by atoms with Crippen LogP contribution in [0.2, 0.25) is 0 Å². The molecule has 2 aliphatic carbocycles. The lowest BCUT2D eigenvalue weighted by Gasteiger charge is -2.32. The molecule has 4 rings (SSSR count). The highest BCUT2D eigenvalue weighted by Gasteiger charge is 2.36. The predicted octanol–water partition coefficient (Wildman–Crippen LogP) is 0.744. The number of hydrogen-bond acceptors (Lipinski definition) is 5. The fourth-order valence-corrected chi connectivity index (χ4v) is 3.29. The number of aromatic nitrogens is 4. The Morgan fingerprint density at radius 2 is 2.08 bits per heavy atom. The molecule has 24 heavy (non-hydrogen) atoms. The van der Waals surface area contributed by atoms with Gasteiger partial charge < -0.3 is 10.4 Å². The van der Waals surface area contributed by atoms with Crippen molar-refractivity contribution in [3.63, 3.8) is 0 Å². The topological polar surface area (TPSA) is 110 Å². The number of carboxylic acid groups (broad SMARTS) is 1. The third-order valence-electron chi connectivity index (χ3n) is 4.69. The van der Waals surface area contributed by atoms with Gasteiger partial charge in [0, 0.05) is 29.7 Å². The van der Waals surface area contributed by atoms with E-state index in [1.165, 1.54) is 0 Å². The molecule has 8 nitrogen and oxygen atoms in total. The molecular formula is C16H17N5O3. The molecule has 0 bridgehead atoms. The molecule has 0 radical (unpaired) electrons. The Kier molecular flexibility index (Phi) is 3.51. The Hall–Kier alpha value is -2.77. The lowest BCUT2D eigenvalue weighted by atomic mass is 9.80. The number of carboxylic acids is 1. The zero-order chi connectivity index (χ0) is 16.7. The Labute approximate surface area is 138 Å². The van der Waals surface area contributed by atoms with Crippen molar-refractivity contribution in [2.45, 2.75) is 38.1 Å². The van der Waals surface area contributed by atoms with Crippen LogP contribution in [0.4, 0.5) is 0 Å². The maximum absolute atomic E-state index is 12.6. The van der Waals surface area contributed by atoms with Crippen LogP contribution in [-0.2, 0) is 17.6 Å². The molecule has 2 N–H and O–H groups in total. The fraction of sp³-hybridized carbons (Fsp3) is 0.438. The first kappa shape index (κ1) is 14.8. The van der Waals surface area contributed by atoms with Crippen LogP contribution in [0.3, 0.4) is 0 Å². The minimum absolute atomic E-state index is 0.0951. The molecule has 1 amide bonds. The number of rotatable bonds is 4. The van der Waals surface area contributed by atoms with E-state index in [0.29, 0.717) is 24.5 Å². The first-order chi connectivity index (χ1) is 11.6. The van der Waals surface area contributed by atoms with Gasteiger partial charge in [0.1, 0.15) is 12.0 Å². The number of hydrogen-bond donors (Lipinski definition) is 2. The first-order valence-electron chi connectivity index (χ1n) is 8.03. The molecule has 1 fully saturated rings. The molecule has 2 aromatic rings. The van der Waals surface area contributed by atoms with E-state index in [4.69, 9.17) is 5.11 Å². The van der Waals surface area contributed by atoms with Crippen molar-refractivity contribution in [1.82, 2.24) is 24.8 Å². The summed E-state index contributed by atoms with van der Waals surface area (Å²) >= 11 is 0. The van der Waals surface area contributed by atoms with E-state index in [1.54, 1.807) is 23.3 Å². The van der Waals surface area contributed by atoms with Gasteiger partial charge in [-0.1, -0.05) is 0 Å². The predicted molar refractivity (Wildman–Crippen MR) is 82.8 cm³/mol. The molecule has 124 valence electrons. The van der Waals surface area contributed by atoms with Gasteiger partial charge in [0.25, 0.3) is 5.91 Å². The number of imidazole rings is 1. The highest BCUT2D eigenvalue weighted by atomic mass is 16.4. The van der Waals surface area contributed by atoms with Gasteiger partial charge in [-0.15, -0.1) is 0 Å². The maximum Gasteiger partial charge on any atom is 0.306 e. The number of amides is 1. The number of carbonyl (C=O) groups is 2. The van der Waals surface area contributed by atoms with Crippen molar-refractivity contribution < 1.29 is 14.7 Å². The number of fused-ring (bicyclic) bond motifs is 1. The second kappa shape index (κ2) is 5.70. The van der Waals surface area contributed by atoms with Crippen molar-refractivity contribution in [2.24, 2.45) is 5.92 Å². The molecule has 2 aromatic heterocycles. The average Bonchev–Trinajstić information content (AvgIpc) is 3.18. The van der Waals surface area contributed by atoms with Crippen LogP contribution in [-0.4, -0.2) is 42.5 Å². The second-order valence-electron chi connectivity index (χ2n) is 6.30.